The van der Waals surface area contributed by atoms with Crippen LogP contribution >= 0.6 is 11.6 Å². The Morgan fingerprint density at radius 1 is 1.19 bits per heavy atom. The number of aromatic nitrogens is 2. The topological polar surface area (TPSA) is 67.5 Å². The van der Waals surface area contributed by atoms with E-state index in [9.17, 15) is 4.79 Å². The number of nitrogens with zero attached hydrogens (tertiary/aromatic N) is 2. The smallest absolute Gasteiger partial charge is 0.257 e. The molecule has 7 heteroatoms. The quantitative estimate of drug-likeness (QED) is 0.760. The molecule has 0 aliphatic carbocycles. The summed E-state index contributed by atoms with van der Waals surface area (Å²) in [5.74, 6) is 1.30. The fourth-order valence-electron chi connectivity index (χ4n) is 2.88. The van der Waals surface area contributed by atoms with Crippen molar-refractivity contribution in [1.29, 1.82) is 0 Å². The summed E-state index contributed by atoms with van der Waals surface area (Å²) in [6.07, 6.45) is 1.54. The van der Waals surface area contributed by atoms with Gasteiger partial charge in [0, 0.05) is 24.2 Å². The number of nitrogens with one attached hydrogen (secondary N) is 1. The van der Waals surface area contributed by atoms with Gasteiger partial charge in [0.1, 0.15) is 0 Å². The predicted molar refractivity (Wildman–Crippen MR) is 97.4 cm³/mol. The van der Waals surface area contributed by atoms with E-state index in [1.54, 1.807) is 30.3 Å². The lowest BCUT2D eigenvalue weighted by Crippen LogP contribution is -2.26. The summed E-state index contributed by atoms with van der Waals surface area (Å²) in [6.45, 7) is 0.674. The Bertz CT molecular complexity index is 953. The number of aromatic amines is 1. The van der Waals surface area contributed by atoms with Crippen molar-refractivity contribution >= 4 is 17.5 Å². The third-order valence-corrected chi connectivity index (χ3v) is 4.46. The first-order chi connectivity index (χ1) is 12.6. The fraction of sp³-hybridized carbons (Fsp3) is 0.158. The van der Waals surface area contributed by atoms with E-state index in [-0.39, 0.29) is 12.7 Å². The maximum atomic E-state index is 12.9. The average Bonchev–Trinajstić information content (AvgIpc) is 3.30. The van der Waals surface area contributed by atoms with E-state index in [1.807, 2.05) is 30.3 Å². The van der Waals surface area contributed by atoms with Gasteiger partial charge in [-0.1, -0.05) is 29.8 Å². The number of H-pyrrole nitrogens is 1. The van der Waals surface area contributed by atoms with Crippen LogP contribution in [-0.4, -0.2) is 34.8 Å². The zero-order valence-electron chi connectivity index (χ0n) is 14.0. The first-order valence-electron chi connectivity index (χ1n) is 8.05. The third-order valence-electron chi connectivity index (χ3n) is 4.21. The van der Waals surface area contributed by atoms with Crippen molar-refractivity contribution in [3.63, 3.8) is 0 Å². The van der Waals surface area contributed by atoms with E-state index < -0.39 is 0 Å². The highest BCUT2D eigenvalue weighted by molar-refractivity contribution is 6.30. The van der Waals surface area contributed by atoms with Crippen LogP contribution in [0.4, 0.5) is 0 Å². The zero-order valence-corrected chi connectivity index (χ0v) is 14.8. The van der Waals surface area contributed by atoms with Gasteiger partial charge in [-0.25, -0.2) is 0 Å². The number of halogens is 1. The van der Waals surface area contributed by atoms with Crippen molar-refractivity contribution in [2.45, 2.75) is 6.54 Å². The first-order valence-corrected chi connectivity index (χ1v) is 8.43. The van der Waals surface area contributed by atoms with Gasteiger partial charge in [0.05, 0.1) is 17.5 Å². The maximum Gasteiger partial charge on any atom is 0.257 e. The van der Waals surface area contributed by atoms with Crippen molar-refractivity contribution in [2.24, 2.45) is 0 Å². The molecule has 0 fully saturated rings. The fourth-order valence-corrected chi connectivity index (χ4v) is 3.00. The molecule has 6 nitrogen and oxygen atoms in total. The molecule has 0 atom stereocenters. The Kier molecular flexibility index (Phi) is 4.26. The van der Waals surface area contributed by atoms with E-state index >= 15 is 0 Å². The second-order valence-electron chi connectivity index (χ2n) is 6.01. The molecule has 0 unspecified atom stereocenters. The number of benzene rings is 2. The van der Waals surface area contributed by atoms with Crippen LogP contribution in [0, 0.1) is 0 Å². The van der Waals surface area contributed by atoms with Crippen LogP contribution < -0.4 is 9.47 Å². The van der Waals surface area contributed by atoms with Gasteiger partial charge in [0.15, 0.2) is 11.5 Å². The van der Waals surface area contributed by atoms with Crippen LogP contribution in [0.2, 0.25) is 5.02 Å². The molecule has 2 heterocycles. The molecule has 26 heavy (non-hydrogen) atoms. The molecular formula is C19H16ClN3O3. The van der Waals surface area contributed by atoms with Crippen molar-refractivity contribution in [1.82, 2.24) is 15.1 Å². The summed E-state index contributed by atoms with van der Waals surface area (Å²) in [5, 5.41) is 7.57. The lowest BCUT2D eigenvalue weighted by Gasteiger charge is -2.17. The highest BCUT2D eigenvalue weighted by atomic mass is 35.5. The molecule has 4 rings (SSSR count). The van der Waals surface area contributed by atoms with Gasteiger partial charge < -0.3 is 14.4 Å². The Labute approximate surface area is 155 Å². The number of ether oxygens (including phenoxy) is 2. The number of amides is 1. The van der Waals surface area contributed by atoms with Gasteiger partial charge in [0.25, 0.3) is 5.91 Å². The molecular weight excluding hydrogens is 354 g/mol. The van der Waals surface area contributed by atoms with Gasteiger partial charge in [-0.05, 0) is 29.8 Å². The number of hydrogen-bond donors (Lipinski definition) is 1. The van der Waals surface area contributed by atoms with Crippen molar-refractivity contribution in [3.05, 3.63) is 64.8 Å². The monoisotopic (exact) mass is 369 g/mol. The van der Waals surface area contributed by atoms with Gasteiger partial charge >= 0.3 is 0 Å². The summed E-state index contributed by atoms with van der Waals surface area (Å²) in [6, 6.07) is 12.9. The Balaban J connectivity index is 1.54. The van der Waals surface area contributed by atoms with E-state index in [1.165, 1.54) is 0 Å². The van der Waals surface area contributed by atoms with Crippen LogP contribution in [0.15, 0.2) is 48.7 Å². The molecule has 0 saturated heterocycles. The second kappa shape index (κ2) is 6.72. The summed E-state index contributed by atoms with van der Waals surface area (Å²) in [4.78, 5) is 14.5. The van der Waals surface area contributed by atoms with Crippen molar-refractivity contribution in [2.75, 3.05) is 13.8 Å². The molecule has 1 N–H and O–H groups in total. The molecule has 1 amide bonds. The Morgan fingerprint density at radius 3 is 2.77 bits per heavy atom. The summed E-state index contributed by atoms with van der Waals surface area (Å²) < 4.78 is 10.7. The number of rotatable bonds is 4. The Morgan fingerprint density at radius 2 is 1.96 bits per heavy atom. The van der Waals surface area contributed by atoms with E-state index in [0.717, 1.165) is 16.9 Å². The number of fused-ring (bicyclic) bond motifs is 1. The van der Waals surface area contributed by atoms with Crippen LogP contribution in [0.25, 0.3) is 11.3 Å². The molecule has 0 radical (unpaired) electrons. The van der Waals surface area contributed by atoms with Crippen LogP contribution in [0.1, 0.15) is 15.9 Å². The number of hydrogen-bond acceptors (Lipinski definition) is 4. The van der Waals surface area contributed by atoms with Gasteiger partial charge in [-0.2, -0.15) is 5.10 Å². The van der Waals surface area contributed by atoms with Gasteiger partial charge in [-0.3, -0.25) is 9.89 Å². The second-order valence-corrected chi connectivity index (χ2v) is 6.45. The molecule has 1 aliphatic heterocycles. The minimum Gasteiger partial charge on any atom is -0.454 e. The SMILES string of the molecule is CN(Cc1ccc2c(c1)OCO2)C(=O)c1cn[nH]c1-c1ccc(Cl)cc1. The summed E-state index contributed by atoms with van der Waals surface area (Å²) >= 11 is 5.94. The van der Waals surface area contributed by atoms with Crippen LogP contribution in [0.3, 0.4) is 0 Å². The first kappa shape index (κ1) is 16.5. The number of carbonyl (C=O) groups excluding carboxylic acids is 1. The Hall–Kier alpha value is -2.99. The van der Waals surface area contributed by atoms with Crippen LogP contribution in [0.5, 0.6) is 11.5 Å². The minimum atomic E-state index is -0.124. The molecule has 0 spiro atoms. The molecule has 1 aliphatic rings. The van der Waals surface area contributed by atoms with Gasteiger partial charge in [0.2, 0.25) is 6.79 Å². The zero-order chi connectivity index (χ0) is 18.1. The summed E-state index contributed by atoms with van der Waals surface area (Å²) in [7, 11) is 1.76. The predicted octanol–water partition coefficient (Wildman–Crippen LogP) is 3.73. The molecule has 2 aromatic carbocycles. The van der Waals surface area contributed by atoms with E-state index in [4.69, 9.17) is 21.1 Å². The lowest BCUT2D eigenvalue weighted by molar-refractivity contribution is 0.0786. The van der Waals surface area contributed by atoms with Crippen molar-refractivity contribution < 1.29 is 14.3 Å². The molecule has 1 aromatic heterocycles. The highest BCUT2D eigenvalue weighted by Crippen LogP contribution is 2.33. The normalized spacial score (nSPS) is 12.2. The van der Waals surface area contributed by atoms with Gasteiger partial charge in [-0.15, -0.1) is 0 Å². The highest BCUT2D eigenvalue weighted by Gasteiger charge is 2.20. The molecule has 0 bridgehead atoms. The average molecular weight is 370 g/mol. The van der Waals surface area contributed by atoms with Crippen molar-refractivity contribution in [3.8, 4) is 22.8 Å². The number of carbonyl (C=O) groups is 1. The van der Waals surface area contributed by atoms with E-state index in [2.05, 4.69) is 10.2 Å². The maximum absolute atomic E-state index is 12.9. The minimum absolute atomic E-state index is 0.124. The van der Waals surface area contributed by atoms with Crippen LogP contribution in [-0.2, 0) is 6.54 Å². The third kappa shape index (κ3) is 3.11. The lowest BCUT2D eigenvalue weighted by atomic mass is 10.1. The standard InChI is InChI=1S/C19H16ClN3O3/c1-23(10-12-2-7-16-17(8-12)26-11-25-16)19(24)15-9-21-22-18(15)13-3-5-14(20)6-4-13/h2-9H,10-11H2,1H3,(H,21,22). The summed E-state index contributed by atoms with van der Waals surface area (Å²) in [5.41, 5.74) is 2.99. The largest absolute Gasteiger partial charge is 0.454 e. The van der Waals surface area contributed by atoms with E-state index in [0.29, 0.717) is 28.6 Å². The molecule has 132 valence electrons. The molecule has 3 aromatic rings. The molecule has 0 saturated carbocycles.